The summed E-state index contributed by atoms with van der Waals surface area (Å²) in [4.78, 5) is 0. The molecule has 0 aromatic heterocycles. The molecule has 8 heteroatoms. The van der Waals surface area contributed by atoms with Crippen LogP contribution in [0.4, 0.5) is 0 Å². The number of halogens is 2. The molecule has 2 aromatic carbocycles. The van der Waals surface area contributed by atoms with Gasteiger partial charge in [0.05, 0.1) is 23.3 Å². The van der Waals surface area contributed by atoms with Crippen LogP contribution in [0.2, 0.25) is 10.0 Å². The zero-order valence-corrected chi connectivity index (χ0v) is 18.1. The Hall–Kier alpha value is -1.22. The lowest BCUT2D eigenvalue weighted by atomic mass is 9.99. The molecular weight excluding hydrogens is 431 g/mol. The van der Waals surface area contributed by atoms with Gasteiger partial charge >= 0.3 is 0 Å². The van der Waals surface area contributed by atoms with Gasteiger partial charge in [-0.1, -0.05) is 47.5 Å². The molecule has 162 valence electrons. The third-order valence-corrected chi connectivity index (χ3v) is 6.29. The van der Waals surface area contributed by atoms with E-state index in [2.05, 4.69) is 0 Å². The van der Waals surface area contributed by atoms with Crippen molar-refractivity contribution in [2.24, 2.45) is 0 Å². The van der Waals surface area contributed by atoms with Crippen LogP contribution in [-0.4, -0.2) is 47.8 Å². The molecule has 0 spiro atoms. The zero-order valence-electron chi connectivity index (χ0n) is 16.6. The summed E-state index contributed by atoms with van der Waals surface area (Å²) in [6, 6.07) is 11.0. The van der Waals surface area contributed by atoms with Crippen LogP contribution in [-0.2, 0) is 18.9 Å². The zero-order chi connectivity index (χ0) is 21.4. The van der Waals surface area contributed by atoms with Crippen molar-refractivity contribution in [1.29, 1.82) is 0 Å². The fourth-order valence-corrected chi connectivity index (χ4v) is 3.99. The Morgan fingerprint density at radius 2 is 1.67 bits per heavy atom. The molecule has 2 saturated heterocycles. The highest BCUT2D eigenvalue weighted by atomic mass is 35.5. The van der Waals surface area contributed by atoms with Crippen molar-refractivity contribution in [1.82, 2.24) is 0 Å². The van der Waals surface area contributed by atoms with Gasteiger partial charge in [-0.2, -0.15) is 0 Å². The van der Waals surface area contributed by atoms with Gasteiger partial charge < -0.3 is 29.2 Å². The Morgan fingerprint density at radius 1 is 0.933 bits per heavy atom. The second kappa shape index (κ2) is 9.10. The molecule has 4 rings (SSSR count). The van der Waals surface area contributed by atoms with Crippen LogP contribution in [0.25, 0.3) is 0 Å². The normalized spacial score (nSPS) is 30.0. The Labute approximate surface area is 185 Å². The summed E-state index contributed by atoms with van der Waals surface area (Å²) < 4.78 is 24.1. The maximum Gasteiger partial charge on any atom is 0.184 e. The first kappa shape index (κ1) is 22.0. The minimum absolute atomic E-state index is 0.231. The van der Waals surface area contributed by atoms with Gasteiger partial charge in [-0.25, -0.2) is 0 Å². The number of aryl methyl sites for hydroxylation is 2. The lowest BCUT2D eigenvalue weighted by Gasteiger charge is -2.47. The Kier molecular flexibility index (Phi) is 6.67. The van der Waals surface area contributed by atoms with Crippen LogP contribution in [0.15, 0.2) is 36.4 Å². The molecule has 0 aliphatic carbocycles. The number of ether oxygens (including phenoxy) is 4. The molecule has 2 aromatic rings. The third-order valence-electron chi connectivity index (χ3n) is 5.55. The van der Waals surface area contributed by atoms with Crippen molar-refractivity contribution in [3.63, 3.8) is 0 Å². The quantitative estimate of drug-likeness (QED) is 0.730. The molecule has 2 aliphatic heterocycles. The van der Waals surface area contributed by atoms with E-state index in [1.807, 2.05) is 32.0 Å². The van der Waals surface area contributed by atoms with E-state index in [-0.39, 0.29) is 6.61 Å². The summed E-state index contributed by atoms with van der Waals surface area (Å²) in [6.45, 7) is 3.81. The maximum absolute atomic E-state index is 10.4. The van der Waals surface area contributed by atoms with Gasteiger partial charge in [0, 0.05) is 11.1 Å². The van der Waals surface area contributed by atoms with E-state index in [4.69, 9.17) is 42.1 Å². The largest absolute Gasteiger partial charge is 0.394 e. The molecule has 2 aliphatic rings. The van der Waals surface area contributed by atoms with Crippen molar-refractivity contribution in [2.45, 2.75) is 50.8 Å². The predicted octanol–water partition coefficient (Wildman–Crippen LogP) is 3.86. The molecule has 2 heterocycles. The average molecular weight is 455 g/mol. The summed E-state index contributed by atoms with van der Waals surface area (Å²) in [5, 5.41) is 20.8. The highest BCUT2D eigenvalue weighted by Crippen LogP contribution is 2.40. The first-order valence-electron chi connectivity index (χ1n) is 9.76. The first-order valence-corrected chi connectivity index (χ1v) is 10.5. The lowest BCUT2D eigenvalue weighted by molar-refractivity contribution is -0.373. The molecule has 0 bridgehead atoms. The van der Waals surface area contributed by atoms with Crippen LogP contribution >= 0.6 is 23.2 Å². The van der Waals surface area contributed by atoms with Crippen molar-refractivity contribution in [3.05, 3.63) is 68.7 Å². The molecule has 6 atom stereocenters. The minimum atomic E-state index is -1.14. The van der Waals surface area contributed by atoms with E-state index in [1.165, 1.54) is 0 Å². The SMILES string of the molecule is Cc1ccc(C2O[C@H]([C@H](O)CO)[C@@H]3OC(c4ccc(Cl)c(Cl)c4)OC[C@@H]3O2)cc1C. The monoisotopic (exact) mass is 454 g/mol. The van der Waals surface area contributed by atoms with Crippen LogP contribution in [0.5, 0.6) is 0 Å². The van der Waals surface area contributed by atoms with E-state index < -0.39 is 43.6 Å². The topological polar surface area (TPSA) is 77.4 Å². The first-order chi connectivity index (χ1) is 14.4. The molecular formula is C22H24Cl2O6. The Morgan fingerprint density at radius 3 is 2.37 bits per heavy atom. The van der Waals surface area contributed by atoms with E-state index in [0.717, 1.165) is 16.7 Å². The number of aliphatic hydroxyl groups is 2. The predicted molar refractivity (Wildman–Crippen MR) is 112 cm³/mol. The van der Waals surface area contributed by atoms with Gasteiger partial charge in [-0.3, -0.25) is 0 Å². The fraction of sp³-hybridized carbons (Fsp3) is 0.455. The maximum atomic E-state index is 10.4. The summed E-state index contributed by atoms with van der Waals surface area (Å²) in [5.74, 6) is 0. The number of aliphatic hydroxyl groups excluding tert-OH is 2. The Bertz CT molecular complexity index is 905. The molecule has 0 amide bonds. The fourth-order valence-electron chi connectivity index (χ4n) is 3.68. The molecule has 2 unspecified atom stereocenters. The molecule has 30 heavy (non-hydrogen) atoms. The highest BCUT2D eigenvalue weighted by molar-refractivity contribution is 6.42. The number of hydrogen-bond acceptors (Lipinski definition) is 6. The van der Waals surface area contributed by atoms with Gasteiger partial charge in [-0.15, -0.1) is 0 Å². The molecule has 2 N–H and O–H groups in total. The minimum Gasteiger partial charge on any atom is -0.394 e. The van der Waals surface area contributed by atoms with Gasteiger partial charge in [0.25, 0.3) is 0 Å². The van der Waals surface area contributed by atoms with E-state index in [9.17, 15) is 10.2 Å². The number of rotatable bonds is 4. The number of fused-ring (bicyclic) bond motifs is 1. The van der Waals surface area contributed by atoms with E-state index >= 15 is 0 Å². The third kappa shape index (κ3) is 4.38. The van der Waals surface area contributed by atoms with Crippen molar-refractivity contribution in [2.75, 3.05) is 13.2 Å². The lowest BCUT2D eigenvalue weighted by Crippen LogP contribution is -2.58. The van der Waals surface area contributed by atoms with Crippen LogP contribution < -0.4 is 0 Å². The van der Waals surface area contributed by atoms with Crippen LogP contribution in [0.3, 0.4) is 0 Å². The second-order valence-electron chi connectivity index (χ2n) is 7.64. The molecule has 6 nitrogen and oxygen atoms in total. The van der Waals surface area contributed by atoms with Gasteiger partial charge in [0.2, 0.25) is 0 Å². The summed E-state index contributed by atoms with van der Waals surface area (Å²) in [6.07, 6.45) is -4.47. The average Bonchev–Trinajstić information content (AvgIpc) is 2.75. The van der Waals surface area contributed by atoms with Crippen LogP contribution in [0, 0.1) is 13.8 Å². The summed E-state index contributed by atoms with van der Waals surface area (Å²) >= 11 is 12.1. The van der Waals surface area contributed by atoms with Crippen LogP contribution in [0.1, 0.15) is 34.8 Å². The number of benzene rings is 2. The van der Waals surface area contributed by atoms with E-state index in [1.54, 1.807) is 18.2 Å². The number of hydrogen-bond donors (Lipinski definition) is 2. The molecule has 0 saturated carbocycles. The Balaban J connectivity index is 1.57. The van der Waals surface area contributed by atoms with Gasteiger partial charge in [-0.05, 0) is 37.1 Å². The smallest absolute Gasteiger partial charge is 0.184 e. The van der Waals surface area contributed by atoms with Gasteiger partial charge in [0.15, 0.2) is 12.6 Å². The summed E-state index contributed by atoms with van der Waals surface area (Å²) in [7, 11) is 0. The van der Waals surface area contributed by atoms with Crippen molar-refractivity contribution < 1.29 is 29.2 Å². The van der Waals surface area contributed by atoms with Crippen molar-refractivity contribution >= 4 is 23.2 Å². The second-order valence-corrected chi connectivity index (χ2v) is 8.45. The highest BCUT2D eigenvalue weighted by Gasteiger charge is 2.48. The van der Waals surface area contributed by atoms with Gasteiger partial charge in [0.1, 0.15) is 24.4 Å². The molecule has 2 fully saturated rings. The standard InChI is InChI=1S/C22H24Cl2O6/c1-11-3-4-13(7-12(11)2)22-28-18-10-27-21(14-5-6-15(23)16(24)8-14)30-20(18)19(29-22)17(26)9-25/h3-8,17-22,25-26H,9-10H2,1-2H3/t17-,18+,19-,20-,21?,22?/m1/s1. The van der Waals surface area contributed by atoms with Crippen molar-refractivity contribution in [3.8, 4) is 0 Å². The molecule has 0 radical (unpaired) electrons. The van der Waals surface area contributed by atoms with E-state index in [0.29, 0.717) is 15.6 Å². The summed E-state index contributed by atoms with van der Waals surface area (Å²) in [5.41, 5.74) is 3.79.